The monoisotopic (exact) mass is 273 g/mol. The molecule has 0 saturated carbocycles. The molecule has 0 aliphatic carbocycles. The number of rotatable bonds is 4. The quantitative estimate of drug-likeness (QED) is 0.902. The van der Waals surface area contributed by atoms with Crippen molar-refractivity contribution in [3.63, 3.8) is 0 Å². The first kappa shape index (κ1) is 12.2. The molecule has 0 bridgehead atoms. The molecule has 0 unspecified atom stereocenters. The minimum atomic E-state index is -0.339. The molecular formula is C13H11N3O4. The van der Waals surface area contributed by atoms with Crippen LogP contribution >= 0.6 is 0 Å². The molecule has 1 aromatic heterocycles. The van der Waals surface area contributed by atoms with Crippen LogP contribution in [-0.4, -0.2) is 29.3 Å². The molecule has 1 aliphatic heterocycles. The van der Waals surface area contributed by atoms with E-state index in [9.17, 15) is 4.79 Å². The summed E-state index contributed by atoms with van der Waals surface area (Å²) >= 11 is 0. The summed E-state index contributed by atoms with van der Waals surface area (Å²) in [4.78, 5) is 19.4. The Balaban J connectivity index is 1.55. The van der Waals surface area contributed by atoms with Gasteiger partial charge >= 0.3 is 0 Å². The van der Waals surface area contributed by atoms with Gasteiger partial charge in [-0.2, -0.15) is 0 Å². The molecule has 1 aliphatic rings. The summed E-state index contributed by atoms with van der Waals surface area (Å²) < 4.78 is 15.8. The Morgan fingerprint density at radius 1 is 1.25 bits per heavy atom. The first-order valence-corrected chi connectivity index (χ1v) is 5.90. The van der Waals surface area contributed by atoms with Gasteiger partial charge in [-0.15, -0.1) is 0 Å². The maximum absolute atomic E-state index is 11.6. The lowest BCUT2D eigenvalue weighted by Crippen LogP contribution is -2.21. The molecule has 0 spiro atoms. The van der Waals surface area contributed by atoms with E-state index in [2.05, 4.69) is 15.3 Å². The molecular weight excluding hydrogens is 262 g/mol. The lowest BCUT2D eigenvalue weighted by atomic mass is 10.3. The van der Waals surface area contributed by atoms with E-state index in [1.165, 1.54) is 0 Å². The number of anilines is 1. The van der Waals surface area contributed by atoms with Crippen LogP contribution in [0, 0.1) is 0 Å². The Bertz CT molecular complexity index is 618. The lowest BCUT2D eigenvalue weighted by Gasteiger charge is -2.06. The highest BCUT2D eigenvalue weighted by Gasteiger charge is 2.14. The molecule has 2 aromatic rings. The standard InChI is InChI=1S/C13H11N3O4/c17-12(16-13-14-4-1-5-15-13)7-18-9-2-3-10-11(6-9)20-8-19-10/h1-6H,7-8H2,(H,14,15,16,17). The number of carbonyl (C=O) groups excluding carboxylic acids is 1. The molecule has 1 aromatic carbocycles. The lowest BCUT2D eigenvalue weighted by molar-refractivity contribution is -0.118. The van der Waals surface area contributed by atoms with Gasteiger partial charge in [0, 0.05) is 18.5 Å². The number of nitrogens with zero attached hydrogens (tertiary/aromatic N) is 2. The normalized spacial score (nSPS) is 12.0. The summed E-state index contributed by atoms with van der Waals surface area (Å²) in [5, 5.41) is 2.52. The molecule has 1 amide bonds. The van der Waals surface area contributed by atoms with Crippen LogP contribution in [-0.2, 0) is 4.79 Å². The van der Waals surface area contributed by atoms with Crippen LogP contribution in [0.5, 0.6) is 17.2 Å². The zero-order valence-electron chi connectivity index (χ0n) is 10.4. The Hall–Kier alpha value is -2.83. The van der Waals surface area contributed by atoms with Crippen LogP contribution in [0.3, 0.4) is 0 Å². The molecule has 7 heteroatoms. The molecule has 2 heterocycles. The number of aromatic nitrogens is 2. The average Bonchev–Trinajstić information content (AvgIpc) is 2.93. The van der Waals surface area contributed by atoms with Crippen LogP contribution in [0.1, 0.15) is 0 Å². The van der Waals surface area contributed by atoms with Gasteiger partial charge in [-0.25, -0.2) is 9.97 Å². The van der Waals surface area contributed by atoms with E-state index in [1.807, 2.05) is 0 Å². The first-order chi connectivity index (χ1) is 9.81. The van der Waals surface area contributed by atoms with Crippen molar-refractivity contribution < 1.29 is 19.0 Å². The van der Waals surface area contributed by atoms with Gasteiger partial charge in [0.2, 0.25) is 12.7 Å². The predicted octanol–water partition coefficient (Wildman–Crippen LogP) is 1.22. The van der Waals surface area contributed by atoms with E-state index in [-0.39, 0.29) is 25.3 Å². The van der Waals surface area contributed by atoms with E-state index in [0.29, 0.717) is 17.2 Å². The zero-order chi connectivity index (χ0) is 13.8. The van der Waals surface area contributed by atoms with E-state index in [0.717, 1.165) is 0 Å². The van der Waals surface area contributed by atoms with Crippen molar-refractivity contribution in [2.45, 2.75) is 0 Å². The maximum atomic E-state index is 11.6. The van der Waals surface area contributed by atoms with E-state index < -0.39 is 0 Å². The number of ether oxygens (including phenoxy) is 3. The fraction of sp³-hybridized carbons (Fsp3) is 0.154. The zero-order valence-corrected chi connectivity index (χ0v) is 10.4. The van der Waals surface area contributed by atoms with Crippen LogP contribution < -0.4 is 19.5 Å². The third kappa shape index (κ3) is 2.77. The van der Waals surface area contributed by atoms with Gasteiger partial charge in [0.05, 0.1) is 0 Å². The van der Waals surface area contributed by atoms with Crippen LogP contribution in [0.4, 0.5) is 5.95 Å². The van der Waals surface area contributed by atoms with E-state index in [4.69, 9.17) is 14.2 Å². The third-order valence-corrected chi connectivity index (χ3v) is 2.53. The summed E-state index contributed by atoms with van der Waals surface area (Å²) in [5.74, 6) is 1.70. The number of hydrogen-bond acceptors (Lipinski definition) is 6. The van der Waals surface area contributed by atoms with Gasteiger partial charge in [-0.1, -0.05) is 0 Å². The van der Waals surface area contributed by atoms with Gasteiger partial charge < -0.3 is 14.2 Å². The highest BCUT2D eigenvalue weighted by Crippen LogP contribution is 2.34. The second-order valence-electron chi connectivity index (χ2n) is 3.92. The Morgan fingerprint density at radius 2 is 2.05 bits per heavy atom. The Morgan fingerprint density at radius 3 is 2.90 bits per heavy atom. The van der Waals surface area contributed by atoms with Crippen molar-refractivity contribution in [1.82, 2.24) is 9.97 Å². The maximum Gasteiger partial charge on any atom is 0.264 e. The highest BCUT2D eigenvalue weighted by atomic mass is 16.7. The molecule has 102 valence electrons. The molecule has 7 nitrogen and oxygen atoms in total. The van der Waals surface area contributed by atoms with E-state index >= 15 is 0 Å². The number of hydrogen-bond donors (Lipinski definition) is 1. The van der Waals surface area contributed by atoms with Crippen LogP contribution in [0.15, 0.2) is 36.7 Å². The van der Waals surface area contributed by atoms with Gasteiger partial charge in [-0.05, 0) is 18.2 Å². The number of carbonyl (C=O) groups is 1. The summed E-state index contributed by atoms with van der Waals surface area (Å²) in [6, 6.07) is 6.78. The Labute approximate surface area is 114 Å². The van der Waals surface area contributed by atoms with Gasteiger partial charge in [0.25, 0.3) is 5.91 Å². The van der Waals surface area contributed by atoms with Crippen molar-refractivity contribution in [3.8, 4) is 17.2 Å². The van der Waals surface area contributed by atoms with Crippen LogP contribution in [0.25, 0.3) is 0 Å². The predicted molar refractivity (Wildman–Crippen MR) is 68.7 cm³/mol. The molecule has 3 rings (SSSR count). The van der Waals surface area contributed by atoms with Gasteiger partial charge in [-0.3, -0.25) is 10.1 Å². The van der Waals surface area contributed by atoms with Crippen molar-refractivity contribution in [2.24, 2.45) is 0 Å². The fourth-order valence-corrected chi connectivity index (χ4v) is 1.64. The molecule has 20 heavy (non-hydrogen) atoms. The highest BCUT2D eigenvalue weighted by molar-refractivity contribution is 5.90. The number of benzene rings is 1. The Kier molecular flexibility index (Phi) is 3.32. The molecule has 0 fully saturated rings. The smallest absolute Gasteiger partial charge is 0.264 e. The number of fused-ring (bicyclic) bond motifs is 1. The topological polar surface area (TPSA) is 82.6 Å². The summed E-state index contributed by atoms with van der Waals surface area (Å²) in [7, 11) is 0. The second kappa shape index (κ2) is 5.43. The second-order valence-corrected chi connectivity index (χ2v) is 3.92. The average molecular weight is 273 g/mol. The number of amides is 1. The van der Waals surface area contributed by atoms with Crippen molar-refractivity contribution >= 4 is 11.9 Å². The molecule has 0 saturated heterocycles. The molecule has 0 atom stereocenters. The van der Waals surface area contributed by atoms with Crippen molar-refractivity contribution in [3.05, 3.63) is 36.7 Å². The molecule has 0 radical (unpaired) electrons. The van der Waals surface area contributed by atoms with Crippen molar-refractivity contribution in [2.75, 3.05) is 18.7 Å². The summed E-state index contributed by atoms with van der Waals surface area (Å²) in [5.41, 5.74) is 0. The molecule has 1 N–H and O–H groups in total. The van der Waals surface area contributed by atoms with Gasteiger partial charge in [0.15, 0.2) is 18.1 Å². The first-order valence-electron chi connectivity index (χ1n) is 5.90. The minimum Gasteiger partial charge on any atom is -0.484 e. The summed E-state index contributed by atoms with van der Waals surface area (Å²) in [6.07, 6.45) is 3.09. The summed E-state index contributed by atoms with van der Waals surface area (Å²) in [6.45, 7) is 0.0581. The minimum absolute atomic E-state index is 0.141. The van der Waals surface area contributed by atoms with E-state index in [1.54, 1.807) is 36.7 Å². The van der Waals surface area contributed by atoms with Crippen LogP contribution in [0.2, 0.25) is 0 Å². The number of nitrogens with one attached hydrogen (secondary N) is 1. The van der Waals surface area contributed by atoms with Crippen molar-refractivity contribution in [1.29, 1.82) is 0 Å². The van der Waals surface area contributed by atoms with Gasteiger partial charge in [0.1, 0.15) is 5.75 Å². The fourth-order valence-electron chi connectivity index (χ4n) is 1.64. The third-order valence-electron chi connectivity index (χ3n) is 2.53. The largest absolute Gasteiger partial charge is 0.484 e. The SMILES string of the molecule is O=C(COc1ccc2c(c1)OCO2)Nc1ncccn1.